The summed E-state index contributed by atoms with van der Waals surface area (Å²) in [6.07, 6.45) is 1.66. The number of rotatable bonds is 7. The van der Waals surface area contributed by atoms with Crippen molar-refractivity contribution < 1.29 is 18.7 Å². The number of ether oxygens (including phenoxy) is 2. The minimum atomic E-state index is -0.767. The van der Waals surface area contributed by atoms with E-state index in [-0.39, 0.29) is 16.8 Å². The largest absolute Gasteiger partial charge is 0.490 e. The summed E-state index contributed by atoms with van der Waals surface area (Å²) >= 11 is 0. The lowest BCUT2D eigenvalue weighted by Gasteiger charge is -2.25. The normalized spacial score (nSPS) is 14.4. The Morgan fingerprint density at radius 2 is 1.66 bits per heavy atom. The molecular formula is C34H30N2O5. The molecule has 0 saturated carbocycles. The third-order valence-electron chi connectivity index (χ3n) is 7.45. The second kappa shape index (κ2) is 10.6. The first kappa shape index (κ1) is 26.3. The van der Waals surface area contributed by atoms with Gasteiger partial charge in [-0.2, -0.15) is 0 Å². The molecule has 1 aliphatic heterocycles. The van der Waals surface area contributed by atoms with Crippen LogP contribution in [-0.2, 0) is 6.61 Å². The molecule has 0 radical (unpaired) electrons. The molecular weight excluding hydrogens is 516 g/mol. The predicted molar refractivity (Wildman–Crippen MR) is 158 cm³/mol. The summed E-state index contributed by atoms with van der Waals surface area (Å²) in [5.74, 6) is 1.14. The summed E-state index contributed by atoms with van der Waals surface area (Å²) in [4.78, 5) is 34.1. The van der Waals surface area contributed by atoms with Crippen LogP contribution in [0, 0.1) is 20.8 Å². The third kappa shape index (κ3) is 4.73. The van der Waals surface area contributed by atoms with Crippen molar-refractivity contribution in [2.24, 2.45) is 0 Å². The highest BCUT2D eigenvalue weighted by Crippen LogP contribution is 2.43. The van der Waals surface area contributed by atoms with Gasteiger partial charge in [0, 0.05) is 6.20 Å². The maximum Gasteiger partial charge on any atom is 0.296 e. The van der Waals surface area contributed by atoms with Crippen molar-refractivity contribution in [3.05, 3.63) is 128 Å². The molecule has 5 aromatic rings. The first-order chi connectivity index (χ1) is 19.9. The molecule has 206 valence electrons. The highest BCUT2D eigenvalue weighted by Gasteiger charge is 2.44. The van der Waals surface area contributed by atoms with E-state index in [9.17, 15) is 9.59 Å². The summed E-state index contributed by atoms with van der Waals surface area (Å²) in [6, 6.07) is 22.0. The summed E-state index contributed by atoms with van der Waals surface area (Å²) in [5, 5.41) is 0.441. The predicted octanol–water partition coefficient (Wildman–Crippen LogP) is 6.84. The Hall–Kier alpha value is -4.91. The zero-order chi connectivity index (χ0) is 28.7. The molecule has 7 nitrogen and oxygen atoms in total. The molecule has 3 aromatic carbocycles. The molecule has 0 fully saturated rings. The van der Waals surface area contributed by atoms with Gasteiger partial charge in [-0.05, 0) is 91.9 Å². The molecule has 1 aliphatic rings. The highest BCUT2D eigenvalue weighted by molar-refractivity contribution is 6.10. The van der Waals surface area contributed by atoms with Crippen LogP contribution in [0.15, 0.2) is 88.2 Å². The minimum absolute atomic E-state index is 0.0291. The van der Waals surface area contributed by atoms with E-state index >= 15 is 0 Å². The number of anilines is 1. The summed E-state index contributed by atoms with van der Waals surface area (Å²) < 4.78 is 18.3. The van der Waals surface area contributed by atoms with Gasteiger partial charge in [-0.3, -0.25) is 14.5 Å². The molecule has 0 aliphatic carbocycles. The van der Waals surface area contributed by atoms with Gasteiger partial charge in [0.25, 0.3) is 5.91 Å². The Morgan fingerprint density at radius 1 is 0.878 bits per heavy atom. The van der Waals surface area contributed by atoms with E-state index in [1.807, 2.05) is 100 Å². The maximum absolute atomic E-state index is 14.1. The van der Waals surface area contributed by atoms with Crippen molar-refractivity contribution in [1.82, 2.24) is 4.98 Å². The fourth-order valence-electron chi connectivity index (χ4n) is 5.25. The minimum Gasteiger partial charge on any atom is -0.490 e. The van der Waals surface area contributed by atoms with Crippen LogP contribution in [0.5, 0.6) is 11.5 Å². The van der Waals surface area contributed by atoms with Crippen LogP contribution >= 0.6 is 0 Å². The molecule has 1 atom stereocenters. The first-order valence-electron chi connectivity index (χ1n) is 13.6. The Morgan fingerprint density at radius 3 is 2.41 bits per heavy atom. The van der Waals surface area contributed by atoms with Crippen LogP contribution in [-0.4, -0.2) is 17.5 Å². The van der Waals surface area contributed by atoms with Crippen molar-refractivity contribution >= 4 is 22.7 Å². The molecule has 0 saturated heterocycles. The molecule has 1 unspecified atom stereocenters. The van der Waals surface area contributed by atoms with Gasteiger partial charge < -0.3 is 13.9 Å². The summed E-state index contributed by atoms with van der Waals surface area (Å²) in [5.41, 5.74) is 5.05. The topological polar surface area (TPSA) is 81.9 Å². The fourth-order valence-corrected chi connectivity index (χ4v) is 5.25. The average molecular weight is 547 g/mol. The van der Waals surface area contributed by atoms with Crippen molar-refractivity contribution in [1.29, 1.82) is 0 Å². The van der Waals surface area contributed by atoms with E-state index in [1.165, 1.54) is 4.90 Å². The number of aromatic nitrogens is 1. The van der Waals surface area contributed by atoms with Crippen molar-refractivity contribution in [2.75, 3.05) is 11.5 Å². The molecule has 2 aromatic heterocycles. The number of carbonyl (C=O) groups excluding carboxylic acids is 1. The van der Waals surface area contributed by atoms with Crippen LogP contribution in [0.25, 0.3) is 11.0 Å². The van der Waals surface area contributed by atoms with Crippen LogP contribution in [0.3, 0.4) is 0 Å². The van der Waals surface area contributed by atoms with E-state index in [1.54, 1.807) is 6.20 Å². The lowest BCUT2D eigenvalue weighted by Crippen LogP contribution is -2.30. The molecule has 1 amide bonds. The number of nitrogens with zero attached hydrogens (tertiary/aromatic N) is 2. The highest BCUT2D eigenvalue weighted by atomic mass is 16.5. The van der Waals surface area contributed by atoms with Gasteiger partial charge in [0.15, 0.2) is 16.9 Å². The summed E-state index contributed by atoms with van der Waals surface area (Å²) in [7, 11) is 0. The SMILES string of the molecule is CCOc1cc(C2c3c(oc4cc(C)c(C)cc4c3=O)C(=O)N2c2cc(C)ccn2)ccc1OCc1ccccc1. The number of hydrogen-bond donors (Lipinski definition) is 0. The Labute approximate surface area is 238 Å². The Balaban J connectivity index is 1.52. The molecule has 0 N–H and O–H groups in total. The number of fused-ring (bicyclic) bond motifs is 2. The van der Waals surface area contributed by atoms with Crippen molar-refractivity contribution in [3.8, 4) is 11.5 Å². The average Bonchev–Trinajstić information content (AvgIpc) is 3.26. The number of pyridine rings is 1. The monoisotopic (exact) mass is 546 g/mol. The molecule has 41 heavy (non-hydrogen) atoms. The molecule has 0 spiro atoms. The second-order valence-corrected chi connectivity index (χ2v) is 10.3. The van der Waals surface area contributed by atoms with Crippen LogP contribution in [0.1, 0.15) is 56.9 Å². The van der Waals surface area contributed by atoms with E-state index in [0.29, 0.717) is 47.1 Å². The zero-order valence-corrected chi connectivity index (χ0v) is 23.4. The fraction of sp³-hybridized carbons (Fsp3) is 0.206. The van der Waals surface area contributed by atoms with Crippen LogP contribution in [0.4, 0.5) is 5.82 Å². The van der Waals surface area contributed by atoms with E-state index in [0.717, 1.165) is 22.3 Å². The standard InChI is InChI=1S/C34H30N2O5/c1-5-39-28-18-24(11-12-26(28)40-19-23-9-7-6-8-10-23)31-30-32(37)25-16-21(3)22(4)17-27(25)41-33(30)34(38)36(31)29-15-20(2)13-14-35-29/h6-18,31H,5,19H2,1-4H3. The first-order valence-corrected chi connectivity index (χ1v) is 13.6. The molecule has 3 heterocycles. The number of hydrogen-bond acceptors (Lipinski definition) is 6. The quantitative estimate of drug-likeness (QED) is 0.222. The third-order valence-corrected chi connectivity index (χ3v) is 7.45. The second-order valence-electron chi connectivity index (χ2n) is 10.3. The van der Waals surface area contributed by atoms with Gasteiger partial charge in [-0.25, -0.2) is 4.98 Å². The Kier molecular flexibility index (Phi) is 6.79. The number of benzene rings is 3. The van der Waals surface area contributed by atoms with Gasteiger partial charge in [0.05, 0.1) is 23.6 Å². The van der Waals surface area contributed by atoms with Crippen LogP contribution in [0.2, 0.25) is 0 Å². The van der Waals surface area contributed by atoms with Crippen molar-refractivity contribution in [2.45, 2.75) is 40.3 Å². The van der Waals surface area contributed by atoms with E-state index in [4.69, 9.17) is 13.9 Å². The Bertz CT molecular complexity index is 1840. The lowest BCUT2D eigenvalue weighted by atomic mass is 9.97. The number of carbonyl (C=O) groups is 1. The van der Waals surface area contributed by atoms with Crippen molar-refractivity contribution in [3.63, 3.8) is 0 Å². The van der Waals surface area contributed by atoms with E-state index < -0.39 is 11.9 Å². The molecule has 0 bridgehead atoms. The summed E-state index contributed by atoms with van der Waals surface area (Å²) in [6.45, 7) is 8.53. The molecule has 7 heteroatoms. The van der Waals surface area contributed by atoms with Gasteiger partial charge in [0.2, 0.25) is 5.76 Å². The maximum atomic E-state index is 14.1. The van der Waals surface area contributed by atoms with Gasteiger partial charge in [-0.1, -0.05) is 36.4 Å². The van der Waals surface area contributed by atoms with Gasteiger partial charge in [-0.15, -0.1) is 0 Å². The zero-order valence-electron chi connectivity index (χ0n) is 23.4. The lowest BCUT2D eigenvalue weighted by molar-refractivity contribution is 0.0970. The number of amides is 1. The smallest absolute Gasteiger partial charge is 0.296 e. The number of aryl methyl sites for hydroxylation is 3. The van der Waals surface area contributed by atoms with E-state index in [2.05, 4.69) is 4.98 Å². The van der Waals surface area contributed by atoms with Gasteiger partial charge >= 0.3 is 0 Å². The molecule has 6 rings (SSSR count). The van der Waals surface area contributed by atoms with Gasteiger partial charge in [0.1, 0.15) is 18.0 Å². The van der Waals surface area contributed by atoms with Crippen LogP contribution < -0.4 is 19.8 Å².